The molecule has 4 aromatic rings. The van der Waals surface area contributed by atoms with Gasteiger partial charge in [0.2, 0.25) is 0 Å². The monoisotopic (exact) mass is 458 g/mol. The summed E-state index contributed by atoms with van der Waals surface area (Å²) in [5.74, 6) is -0.0832. The van der Waals surface area contributed by atoms with Crippen molar-refractivity contribution in [1.29, 1.82) is 0 Å². The lowest BCUT2D eigenvalue weighted by Gasteiger charge is -2.13. The van der Waals surface area contributed by atoms with E-state index in [2.05, 4.69) is 20.8 Å². The smallest absolute Gasteiger partial charge is 0.278 e. The summed E-state index contributed by atoms with van der Waals surface area (Å²) in [4.78, 5) is 31.4. The van der Waals surface area contributed by atoms with Crippen LogP contribution in [0.25, 0.3) is 11.3 Å². The van der Waals surface area contributed by atoms with Crippen LogP contribution in [0.15, 0.2) is 65.4 Å². The molecule has 1 aliphatic rings. The summed E-state index contributed by atoms with van der Waals surface area (Å²) in [7, 11) is 0. The van der Waals surface area contributed by atoms with Crippen molar-refractivity contribution in [2.45, 2.75) is 32.2 Å². The number of aromatic nitrogens is 2. The van der Waals surface area contributed by atoms with E-state index in [1.54, 1.807) is 18.5 Å². The van der Waals surface area contributed by atoms with Gasteiger partial charge in [-0.1, -0.05) is 41.6 Å². The topological polar surface area (TPSA) is 97.1 Å². The molecule has 0 saturated carbocycles. The maximum absolute atomic E-state index is 13.2. The molecule has 7 nitrogen and oxygen atoms in total. The Hall–Kier alpha value is -3.78. The lowest BCUT2D eigenvalue weighted by atomic mass is 9.95. The normalized spacial score (nSPS) is 12.7. The first-order chi connectivity index (χ1) is 16.2. The first-order valence-electron chi connectivity index (χ1n) is 10.8. The van der Waals surface area contributed by atoms with Gasteiger partial charge in [-0.15, -0.1) is 11.3 Å². The predicted molar refractivity (Wildman–Crippen MR) is 126 cm³/mol. The van der Waals surface area contributed by atoms with Gasteiger partial charge in [0.25, 0.3) is 11.8 Å². The Morgan fingerprint density at radius 3 is 2.70 bits per heavy atom. The number of nitrogens with zero attached hydrogens (tertiary/aromatic N) is 2. The molecule has 8 heteroatoms. The number of aryl methyl sites for hydroxylation is 1. The second-order valence-corrected chi connectivity index (χ2v) is 8.96. The number of fused-ring (bicyclic) bond motifs is 1. The van der Waals surface area contributed by atoms with E-state index in [-0.39, 0.29) is 11.6 Å². The summed E-state index contributed by atoms with van der Waals surface area (Å²) in [6, 6.07) is 14.8. The molecule has 0 radical (unpaired) electrons. The van der Waals surface area contributed by atoms with Gasteiger partial charge in [-0.05, 0) is 42.9 Å². The second-order valence-electron chi connectivity index (χ2n) is 7.86. The van der Waals surface area contributed by atoms with Gasteiger partial charge in [0.1, 0.15) is 5.00 Å². The number of anilines is 1. The fraction of sp³-hybridized carbons (Fsp3) is 0.200. The predicted octanol–water partition coefficient (Wildman–Crippen LogP) is 4.86. The quantitative estimate of drug-likeness (QED) is 0.430. The number of pyridine rings is 1. The minimum atomic E-state index is -0.402. The van der Waals surface area contributed by atoms with Crippen LogP contribution < -0.4 is 10.6 Å². The summed E-state index contributed by atoms with van der Waals surface area (Å²) >= 11 is 1.47. The van der Waals surface area contributed by atoms with E-state index < -0.39 is 5.91 Å². The lowest BCUT2D eigenvalue weighted by molar-refractivity contribution is 0.0951. The number of amides is 2. The number of hydrogen-bond acceptors (Lipinski definition) is 6. The van der Waals surface area contributed by atoms with E-state index in [0.29, 0.717) is 22.9 Å². The highest BCUT2D eigenvalue weighted by Crippen LogP contribution is 2.38. The largest absolute Gasteiger partial charge is 0.355 e. The average molecular weight is 459 g/mol. The zero-order valence-corrected chi connectivity index (χ0v) is 18.7. The van der Waals surface area contributed by atoms with Gasteiger partial charge in [0, 0.05) is 35.4 Å². The van der Waals surface area contributed by atoms with E-state index in [1.165, 1.54) is 11.3 Å². The second kappa shape index (κ2) is 9.38. The zero-order chi connectivity index (χ0) is 22.6. The highest BCUT2D eigenvalue weighted by Gasteiger charge is 2.27. The van der Waals surface area contributed by atoms with Gasteiger partial charge in [-0.2, -0.15) is 0 Å². The van der Waals surface area contributed by atoms with Crippen LogP contribution in [-0.2, 0) is 19.4 Å². The molecule has 1 aliphatic carbocycles. The highest BCUT2D eigenvalue weighted by molar-refractivity contribution is 7.17. The molecule has 2 amide bonds. The van der Waals surface area contributed by atoms with E-state index >= 15 is 0 Å². The number of carbonyl (C=O) groups is 2. The van der Waals surface area contributed by atoms with Crippen molar-refractivity contribution in [3.63, 3.8) is 0 Å². The number of benzene rings is 1. The molecule has 0 fully saturated rings. The van der Waals surface area contributed by atoms with E-state index in [0.717, 1.165) is 47.3 Å². The summed E-state index contributed by atoms with van der Waals surface area (Å²) in [6.45, 7) is 0.369. The Bertz CT molecular complexity index is 1280. The third-order valence-electron chi connectivity index (χ3n) is 5.60. The van der Waals surface area contributed by atoms with E-state index in [1.807, 2.05) is 42.5 Å². The molecular weight excluding hydrogens is 436 g/mol. The Kier molecular flexibility index (Phi) is 5.99. The van der Waals surface area contributed by atoms with Gasteiger partial charge < -0.3 is 15.2 Å². The Morgan fingerprint density at radius 1 is 1.03 bits per heavy atom. The fourth-order valence-electron chi connectivity index (χ4n) is 3.96. The molecule has 3 aromatic heterocycles. The molecule has 166 valence electrons. The zero-order valence-electron chi connectivity index (χ0n) is 17.8. The molecule has 33 heavy (non-hydrogen) atoms. The Balaban J connectivity index is 1.38. The van der Waals surface area contributed by atoms with Crippen molar-refractivity contribution >= 4 is 28.2 Å². The maximum Gasteiger partial charge on any atom is 0.278 e. The minimum Gasteiger partial charge on any atom is -0.355 e. The van der Waals surface area contributed by atoms with Crippen LogP contribution >= 0.6 is 11.3 Å². The van der Waals surface area contributed by atoms with Gasteiger partial charge in [-0.25, -0.2) is 0 Å². The summed E-state index contributed by atoms with van der Waals surface area (Å²) in [5, 5.41) is 10.4. The van der Waals surface area contributed by atoms with Crippen LogP contribution in [0, 0.1) is 0 Å². The van der Waals surface area contributed by atoms with Gasteiger partial charge >= 0.3 is 0 Å². The number of nitrogens with one attached hydrogen (secondary N) is 2. The molecule has 0 saturated heterocycles. The van der Waals surface area contributed by atoms with Crippen molar-refractivity contribution in [2.24, 2.45) is 0 Å². The molecular formula is C25H22N4O3S. The van der Waals surface area contributed by atoms with E-state index in [4.69, 9.17) is 4.52 Å². The number of rotatable bonds is 6. The minimum absolute atomic E-state index is 0.168. The van der Waals surface area contributed by atoms with Gasteiger partial charge in [0.15, 0.2) is 11.5 Å². The highest BCUT2D eigenvalue weighted by atomic mass is 32.1. The molecule has 2 N–H and O–H groups in total. The number of carbonyl (C=O) groups excluding carboxylic acids is 2. The third kappa shape index (κ3) is 4.56. The molecule has 1 aromatic carbocycles. The average Bonchev–Trinajstić information content (AvgIpc) is 3.49. The number of hydrogen-bond donors (Lipinski definition) is 2. The van der Waals surface area contributed by atoms with Crippen molar-refractivity contribution in [2.75, 3.05) is 5.32 Å². The Labute approximate surface area is 194 Å². The van der Waals surface area contributed by atoms with Crippen LogP contribution in [0.4, 0.5) is 5.00 Å². The first kappa shape index (κ1) is 21.1. The van der Waals surface area contributed by atoms with Crippen LogP contribution in [0.2, 0.25) is 0 Å². The third-order valence-corrected chi connectivity index (χ3v) is 6.81. The SMILES string of the molecule is O=C(Nc1sc2c(c1C(=O)NCc1cccnc1)CCCC2)c1cc(-c2ccccc2)on1. The molecule has 0 spiro atoms. The number of thiophene rings is 1. The van der Waals surface area contributed by atoms with Crippen LogP contribution in [0.3, 0.4) is 0 Å². The first-order valence-corrected chi connectivity index (χ1v) is 11.7. The summed E-state index contributed by atoms with van der Waals surface area (Å²) < 4.78 is 5.36. The van der Waals surface area contributed by atoms with Gasteiger partial charge in [0.05, 0.1) is 5.56 Å². The fourth-order valence-corrected chi connectivity index (χ4v) is 5.24. The Morgan fingerprint density at radius 2 is 1.88 bits per heavy atom. The summed E-state index contributed by atoms with van der Waals surface area (Å²) in [5.41, 5.74) is 3.51. The van der Waals surface area contributed by atoms with Crippen LogP contribution in [-0.4, -0.2) is 22.0 Å². The van der Waals surface area contributed by atoms with Crippen molar-refractivity contribution < 1.29 is 14.1 Å². The van der Waals surface area contributed by atoms with Crippen molar-refractivity contribution in [3.8, 4) is 11.3 Å². The molecule has 0 atom stereocenters. The van der Waals surface area contributed by atoms with Crippen molar-refractivity contribution in [3.05, 3.63) is 88.2 Å². The standard InChI is InChI=1S/C25H22N4O3S/c30-23(19-13-20(32-29-19)17-8-2-1-3-9-17)28-25-22(18-10-4-5-11-21(18)33-25)24(31)27-15-16-7-6-12-26-14-16/h1-3,6-9,12-14H,4-5,10-11,15H2,(H,27,31)(H,28,30). The van der Waals surface area contributed by atoms with Gasteiger partial charge in [-0.3, -0.25) is 14.6 Å². The lowest BCUT2D eigenvalue weighted by Crippen LogP contribution is -2.25. The molecule has 3 heterocycles. The summed E-state index contributed by atoms with van der Waals surface area (Å²) in [6.07, 6.45) is 7.29. The van der Waals surface area contributed by atoms with E-state index in [9.17, 15) is 9.59 Å². The molecule has 0 unspecified atom stereocenters. The molecule has 5 rings (SSSR count). The van der Waals surface area contributed by atoms with Crippen LogP contribution in [0.5, 0.6) is 0 Å². The van der Waals surface area contributed by atoms with Crippen molar-refractivity contribution in [1.82, 2.24) is 15.5 Å². The maximum atomic E-state index is 13.2. The molecule has 0 aliphatic heterocycles. The molecule has 0 bridgehead atoms. The van der Waals surface area contributed by atoms with Crippen LogP contribution in [0.1, 0.15) is 49.7 Å².